The zero-order valence-electron chi connectivity index (χ0n) is 10.9. The summed E-state index contributed by atoms with van der Waals surface area (Å²) in [5.74, 6) is 1.30. The van der Waals surface area contributed by atoms with Gasteiger partial charge in [0.2, 0.25) is 0 Å². The smallest absolute Gasteiger partial charge is 0.410 e. The highest BCUT2D eigenvalue weighted by atomic mass is 35.5. The molecule has 0 bridgehead atoms. The van der Waals surface area contributed by atoms with Gasteiger partial charge in [0.1, 0.15) is 5.60 Å². The number of carbonyl (C=O) groups excluding carboxylic acids is 1. The second-order valence-corrected chi connectivity index (χ2v) is 5.90. The molecule has 2 fully saturated rings. The van der Waals surface area contributed by atoms with Crippen LogP contribution in [0.25, 0.3) is 0 Å². The third-order valence-corrected chi connectivity index (χ3v) is 3.33. The van der Waals surface area contributed by atoms with Gasteiger partial charge in [-0.1, -0.05) is 0 Å². The van der Waals surface area contributed by atoms with Crippen LogP contribution in [0.5, 0.6) is 0 Å². The van der Waals surface area contributed by atoms with Crippen molar-refractivity contribution in [2.45, 2.75) is 32.8 Å². The number of hydrogen-bond acceptors (Lipinski definition) is 3. The Morgan fingerprint density at radius 2 is 1.94 bits per heavy atom. The van der Waals surface area contributed by atoms with Gasteiger partial charge in [-0.2, -0.15) is 0 Å². The molecule has 2 saturated heterocycles. The van der Waals surface area contributed by atoms with Gasteiger partial charge in [0.25, 0.3) is 0 Å². The second kappa shape index (κ2) is 5.44. The fourth-order valence-electron chi connectivity index (χ4n) is 2.55. The number of fused-ring (bicyclic) bond motifs is 1. The highest BCUT2D eigenvalue weighted by Gasteiger charge is 2.37. The summed E-state index contributed by atoms with van der Waals surface area (Å²) in [5, 5.41) is 3.39. The van der Waals surface area contributed by atoms with Crippen LogP contribution in [0, 0.1) is 11.8 Å². The number of nitrogens with one attached hydrogen (secondary N) is 1. The Hall–Kier alpha value is -0.480. The van der Waals surface area contributed by atoms with Gasteiger partial charge in [-0.3, -0.25) is 0 Å². The molecule has 0 aromatic rings. The van der Waals surface area contributed by atoms with Crippen molar-refractivity contribution >= 4 is 18.5 Å². The van der Waals surface area contributed by atoms with Crippen LogP contribution in [0.15, 0.2) is 0 Å². The summed E-state index contributed by atoms with van der Waals surface area (Å²) in [6.07, 6.45) is 1.03. The zero-order chi connectivity index (χ0) is 11.8. The summed E-state index contributed by atoms with van der Waals surface area (Å²) in [6, 6.07) is 0. The molecule has 4 nitrogen and oxygen atoms in total. The van der Waals surface area contributed by atoms with E-state index >= 15 is 0 Å². The number of nitrogens with zero attached hydrogens (tertiary/aromatic N) is 1. The Kier molecular flexibility index (Phi) is 4.67. The number of ether oxygens (including phenoxy) is 1. The van der Waals surface area contributed by atoms with Crippen molar-refractivity contribution in [3.05, 3.63) is 0 Å². The molecule has 17 heavy (non-hydrogen) atoms. The van der Waals surface area contributed by atoms with E-state index in [4.69, 9.17) is 4.74 Å². The molecule has 0 radical (unpaired) electrons. The first kappa shape index (κ1) is 14.6. The van der Waals surface area contributed by atoms with Gasteiger partial charge in [-0.25, -0.2) is 4.79 Å². The molecule has 2 heterocycles. The highest BCUT2D eigenvalue weighted by Crippen LogP contribution is 2.28. The van der Waals surface area contributed by atoms with E-state index in [0.29, 0.717) is 11.8 Å². The van der Waals surface area contributed by atoms with Crippen LogP contribution in [0.2, 0.25) is 0 Å². The molecule has 0 aliphatic carbocycles. The van der Waals surface area contributed by atoms with Crippen molar-refractivity contribution in [2.24, 2.45) is 11.8 Å². The molecule has 5 heteroatoms. The Morgan fingerprint density at radius 3 is 2.53 bits per heavy atom. The van der Waals surface area contributed by atoms with E-state index < -0.39 is 0 Å². The lowest BCUT2D eigenvalue weighted by Crippen LogP contribution is -2.36. The van der Waals surface area contributed by atoms with Crippen LogP contribution in [0.4, 0.5) is 4.79 Å². The van der Waals surface area contributed by atoms with Gasteiger partial charge in [-0.15, -0.1) is 12.4 Å². The third kappa shape index (κ3) is 3.75. The van der Waals surface area contributed by atoms with Gasteiger partial charge in [-0.05, 0) is 52.1 Å². The predicted molar refractivity (Wildman–Crippen MR) is 69.5 cm³/mol. The monoisotopic (exact) mass is 262 g/mol. The number of halogens is 1. The van der Waals surface area contributed by atoms with E-state index in [1.807, 2.05) is 25.7 Å². The lowest BCUT2D eigenvalue weighted by molar-refractivity contribution is 0.0285. The molecule has 2 aliphatic heterocycles. The molecule has 0 aromatic carbocycles. The number of carbonyl (C=O) groups is 1. The van der Waals surface area contributed by atoms with Crippen LogP contribution in [-0.2, 0) is 4.74 Å². The van der Waals surface area contributed by atoms with Crippen molar-refractivity contribution < 1.29 is 9.53 Å². The molecule has 0 aromatic heterocycles. The Labute approximate surface area is 109 Å². The summed E-state index contributed by atoms with van der Waals surface area (Å²) in [5.41, 5.74) is -0.386. The van der Waals surface area contributed by atoms with E-state index in [9.17, 15) is 4.79 Å². The van der Waals surface area contributed by atoms with Crippen LogP contribution in [0.1, 0.15) is 27.2 Å². The van der Waals surface area contributed by atoms with Gasteiger partial charge in [0.15, 0.2) is 0 Å². The fourth-order valence-corrected chi connectivity index (χ4v) is 2.55. The van der Waals surface area contributed by atoms with Crippen LogP contribution in [-0.4, -0.2) is 42.8 Å². The SMILES string of the molecule is CC(C)(C)OC(=O)N1C[C@H]2CNCC[C@H]2C1.Cl. The van der Waals surface area contributed by atoms with Crippen LogP contribution < -0.4 is 5.32 Å². The quantitative estimate of drug-likeness (QED) is 0.725. The molecule has 1 amide bonds. The molecule has 0 unspecified atom stereocenters. The largest absolute Gasteiger partial charge is 0.444 e. The van der Waals surface area contributed by atoms with Crippen molar-refractivity contribution in [1.29, 1.82) is 0 Å². The van der Waals surface area contributed by atoms with E-state index in [-0.39, 0.29) is 24.1 Å². The summed E-state index contributed by atoms with van der Waals surface area (Å²) in [7, 11) is 0. The average Bonchev–Trinajstić information content (AvgIpc) is 2.58. The average molecular weight is 263 g/mol. The van der Waals surface area contributed by atoms with Crippen molar-refractivity contribution in [3.63, 3.8) is 0 Å². The van der Waals surface area contributed by atoms with E-state index in [1.165, 1.54) is 6.42 Å². The summed E-state index contributed by atoms with van der Waals surface area (Å²) in [6.45, 7) is 9.60. The molecule has 2 rings (SSSR count). The molecule has 2 atom stereocenters. The van der Waals surface area contributed by atoms with Crippen molar-refractivity contribution in [1.82, 2.24) is 10.2 Å². The Morgan fingerprint density at radius 1 is 1.29 bits per heavy atom. The second-order valence-electron chi connectivity index (χ2n) is 5.90. The van der Waals surface area contributed by atoms with Crippen molar-refractivity contribution in [3.8, 4) is 0 Å². The normalized spacial score (nSPS) is 28.3. The van der Waals surface area contributed by atoms with E-state index in [2.05, 4.69) is 5.32 Å². The summed E-state index contributed by atoms with van der Waals surface area (Å²) < 4.78 is 5.39. The van der Waals surface area contributed by atoms with E-state index in [1.54, 1.807) is 0 Å². The van der Waals surface area contributed by atoms with Gasteiger partial charge in [0, 0.05) is 13.1 Å². The maximum atomic E-state index is 11.9. The first-order valence-corrected chi connectivity index (χ1v) is 6.14. The van der Waals surface area contributed by atoms with Gasteiger partial charge in [0.05, 0.1) is 0 Å². The van der Waals surface area contributed by atoms with Gasteiger partial charge >= 0.3 is 6.09 Å². The predicted octanol–water partition coefficient (Wildman–Crippen LogP) is 1.88. The first-order chi connectivity index (χ1) is 7.46. The minimum atomic E-state index is -0.386. The molecular formula is C12H23ClN2O2. The first-order valence-electron chi connectivity index (χ1n) is 6.14. The molecule has 1 N–H and O–H groups in total. The lowest BCUT2D eigenvalue weighted by atomic mass is 9.90. The summed E-state index contributed by atoms with van der Waals surface area (Å²) in [4.78, 5) is 13.8. The number of rotatable bonds is 0. The van der Waals surface area contributed by atoms with E-state index in [0.717, 1.165) is 26.2 Å². The number of likely N-dealkylation sites (tertiary alicyclic amines) is 1. The van der Waals surface area contributed by atoms with Crippen molar-refractivity contribution in [2.75, 3.05) is 26.2 Å². The Bertz CT molecular complexity index is 264. The minimum absolute atomic E-state index is 0. The molecular weight excluding hydrogens is 240 g/mol. The Balaban J connectivity index is 0.00000144. The fraction of sp³-hybridized carbons (Fsp3) is 0.917. The number of amides is 1. The molecule has 100 valence electrons. The maximum Gasteiger partial charge on any atom is 0.410 e. The third-order valence-electron chi connectivity index (χ3n) is 3.33. The number of piperidine rings is 1. The topological polar surface area (TPSA) is 41.6 Å². The number of hydrogen-bond donors (Lipinski definition) is 1. The highest BCUT2D eigenvalue weighted by molar-refractivity contribution is 5.85. The van der Waals surface area contributed by atoms with Crippen LogP contribution in [0.3, 0.4) is 0 Å². The molecule has 0 saturated carbocycles. The lowest BCUT2D eigenvalue weighted by Gasteiger charge is -2.24. The maximum absolute atomic E-state index is 11.9. The van der Waals surface area contributed by atoms with Crippen LogP contribution >= 0.6 is 12.4 Å². The zero-order valence-corrected chi connectivity index (χ0v) is 11.7. The van der Waals surface area contributed by atoms with Gasteiger partial charge < -0.3 is 15.0 Å². The molecule has 2 aliphatic rings. The summed E-state index contributed by atoms with van der Waals surface area (Å²) >= 11 is 0. The minimum Gasteiger partial charge on any atom is -0.444 e. The standard InChI is InChI=1S/C12H22N2O2.ClH/c1-12(2,3)16-11(15)14-7-9-4-5-13-6-10(9)8-14;/h9-10,13H,4-8H2,1-3H3;1H/t9-,10+;/m0./s1. The molecule has 0 spiro atoms.